The van der Waals surface area contributed by atoms with Gasteiger partial charge < -0.3 is 4.74 Å². The Hall–Kier alpha value is -2.13. The number of benzene rings is 2. The van der Waals surface area contributed by atoms with E-state index >= 15 is 0 Å². The quantitative estimate of drug-likeness (QED) is 0.563. The Balaban J connectivity index is 1.93. The highest BCUT2D eigenvalue weighted by Crippen LogP contribution is 2.40. The van der Waals surface area contributed by atoms with Crippen molar-refractivity contribution in [1.82, 2.24) is 4.90 Å². The fourth-order valence-electron chi connectivity index (χ4n) is 4.59. The van der Waals surface area contributed by atoms with E-state index in [0.29, 0.717) is 5.92 Å². The molecule has 3 rings (SSSR count). The number of rotatable bonds is 6. The number of ether oxygens (including phenoxy) is 1. The van der Waals surface area contributed by atoms with E-state index in [1.165, 1.54) is 11.1 Å². The van der Waals surface area contributed by atoms with E-state index in [0.717, 1.165) is 19.4 Å². The zero-order valence-corrected chi connectivity index (χ0v) is 18.5. The molecular weight excluding hydrogens is 358 g/mol. The van der Waals surface area contributed by atoms with Crippen LogP contribution in [0.15, 0.2) is 60.7 Å². The normalized spacial score (nSPS) is 23.2. The molecule has 0 unspecified atom stereocenters. The van der Waals surface area contributed by atoms with Gasteiger partial charge in [-0.05, 0) is 57.6 Å². The Morgan fingerprint density at radius 3 is 2.21 bits per heavy atom. The van der Waals surface area contributed by atoms with Crippen LogP contribution in [0.3, 0.4) is 0 Å². The van der Waals surface area contributed by atoms with Crippen LogP contribution in [-0.2, 0) is 16.1 Å². The first-order valence-electron chi connectivity index (χ1n) is 10.8. The van der Waals surface area contributed by atoms with Gasteiger partial charge in [-0.1, -0.05) is 67.6 Å². The van der Waals surface area contributed by atoms with Crippen molar-refractivity contribution in [3.05, 3.63) is 71.8 Å². The van der Waals surface area contributed by atoms with E-state index < -0.39 is 5.60 Å². The van der Waals surface area contributed by atoms with E-state index in [4.69, 9.17) is 4.74 Å². The summed E-state index contributed by atoms with van der Waals surface area (Å²) >= 11 is 0. The molecule has 0 amide bonds. The van der Waals surface area contributed by atoms with Crippen molar-refractivity contribution < 1.29 is 9.53 Å². The number of hydrogen-bond donors (Lipinski definition) is 0. The lowest BCUT2D eigenvalue weighted by molar-refractivity contribution is -0.162. The van der Waals surface area contributed by atoms with E-state index in [-0.39, 0.29) is 24.0 Å². The molecule has 2 aromatic carbocycles. The summed E-state index contributed by atoms with van der Waals surface area (Å²) in [5.41, 5.74) is 2.10. The van der Waals surface area contributed by atoms with Gasteiger partial charge >= 0.3 is 5.97 Å². The molecule has 0 spiro atoms. The monoisotopic (exact) mass is 393 g/mol. The zero-order chi connectivity index (χ0) is 21.0. The lowest BCUT2D eigenvalue weighted by Gasteiger charge is -2.40. The van der Waals surface area contributed by atoms with Crippen molar-refractivity contribution in [3.8, 4) is 0 Å². The van der Waals surface area contributed by atoms with Crippen LogP contribution in [0.2, 0.25) is 0 Å². The van der Waals surface area contributed by atoms with Crippen molar-refractivity contribution in [2.75, 3.05) is 0 Å². The molecule has 0 radical (unpaired) electrons. The molecule has 156 valence electrons. The van der Waals surface area contributed by atoms with Crippen LogP contribution in [0.5, 0.6) is 0 Å². The standard InChI is InChI=1S/C26H35NO2/c1-19-16-17-23(25(28)29-26(3,4)5)24(19)27(18-21-12-8-6-9-13-21)20(2)22-14-10-7-11-15-22/h6-15,19-20,23-24H,16-18H2,1-5H3/t19-,20-,23+,24-/m0/s1. The van der Waals surface area contributed by atoms with Crippen molar-refractivity contribution in [2.24, 2.45) is 11.8 Å². The average molecular weight is 394 g/mol. The third-order valence-corrected chi connectivity index (χ3v) is 6.01. The number of carbonyl (C=O) groups excluding carboxylic acids is 1. The summed E-state index contributed by atoms with van der Waals surface area (Å²) in [4.78, 5) is 15.6. The summed E-state index contributed by atoms with van der Waals surface area (Å²) < 4.78 is 5.82. The molecule has 0 heterocycles. The smallest absolute Gasteiger partial charge is 0.311 e. The molecule has 0 bridgehead atoms. The summed E-state index contributed by atoms with van der Waals surface area (Å²) in [6, 6.07) is 21.6. The van der Waals surface area contributed by atoms with Crippen LogP contribution >= 0.6 is 0 Å². The fraction of sp³-hybridized carbons (Fsp3) is 0.500. The lowest BCUT2D eigenvalue weighted by atomic mass is 9.92. The summed E-state index contributed by atoms with van der Waals surface area (Å²) in [6.45, 7) is 11.2. The summed E-state index contributed by atoms with van der Waals surface area (Å²) in [5, 5.41) is 0. The molecule has 3 nitrogen and oxygen atoms in total. The van der Waals surface area contributed by atoms with Gasteiger partial charge in [-0.15, -0.1) is 0 Å². The second kappa shape index (κ2) is 9.13. The molecular formula is C26H35NO2. The van der Waals surface area contributed by atoms with Gasteiger partial charge in [0.05, 0.1) is 5.92 Å². The highest BCUT2D eigenvalue weighted by Gasteiger charge is 2.44. The maximum Gasteiger partial charge on any atom is 0.311 e. The van der Waals surface area contributed by atoms with Gasteiger partial charge in [0.25, 0.3) is 0 Å². The molecule has 0 aliphatic heterocycles. The highest BCUT2D eigenvalue weighted by atomic mass is 16.6. The zero-order valence-electron chi connectivity index (χ0n) is 18.5. The molecule has 1 aliphatic rings. The first kappa shape index (κ1) is 21.6. The predicted molar refractivity (Wildman–Crippen MR) is 118 cm³/mol. The van der Waals surface area contributed by atoms with E-state index in [9.17, 15) is 4.79 Å². The van der Waals surface area contributed by atoms with Gasteiger partial charge in [0.1, 0.15) is 5.60 Å². The number of nitrogens with zero attached hydrogens (tertiary/aromatic N) is 1. The topological polar surface area (TPSA) is 29.5 Å². The second-order valence-electron chi connectivity index (χ2n) is 9.43. The summed E-state index contributed by atoms with van der Waals surface area (Å²) in [5.74, 6) is 0.312. The van der Waals surface area contributed by atoms with E-state index in [1.54, 1.807) is 0 Å². The van der Waals surface area contributed by atoms with Crippen molar-refractivity contribution in [3.63, 3.8) is 0 Å². The van der Waals surface area contributed by atoms with Crippen LogP contribution < -0.4 is 0 Å². The minimum atomic E-state index is -0.456. The molecule has 2 aromatic rings. The third kappa shape index (κ3) is 5.48. The molecule has 29 heavy (non-hydrogen) atoms. The van der Waals surface area contributed by atoms with Crippen LogP contribution in [0.4, 0.5) is 0 Å². The minimum Gasteiger partial charge on any atom is -0.460 e. The van der Waals surface area contributed by atoms with Crippen LogP contribution in [0.1, 0.15) is 64.6 Å². The van der Waals surface area contributed by atoms with Gasteiger partial charge in [0.15, 0.2) is 0 Å². The average Bonchev–Trinajstić information content (AvgIpc) is 3.07. The van der Waals surface area contributed by atoms with Crippen molar-refractivity contribution >= 4 is 5.97 Å². The molecule has 3 heteroatoms. The summed E-state index contributed by atoms with van der Waals surface area (Å²) in [6.07, 6.45) is 1.95. The SMILES string of the molecule is C[C@H]1CC[C@@H](C(=O)OC(C)(C)C)[C@H]1N(Cc1ccccc1)[C@@H](C)c1ccccc1. The molecule has 1 saturated carbocycles. The molecule has 0 aromatic heterocycles. The first-order chi connectivity index (χ1) is 13.8. The third-order valence-electron chi connectivity index (χ3n) is 6.01. The molecule has 0 N–H and O–H groups in total. The minimum absolute atomic E-state index is 0.0508. The van der Waals surface area contributed by atoms with Crippen molar-refractivity contribution in [1.29, 1.82) is 0 Å². The Morgan fingerprint density at radius 2 is 1.62 bits per heavy atom. The van der Waals surface area contributed by atoms with Crippen molar-refractivity contribution in [2.45, 2.75) is 71.7 Å². The largest absolute Gasteiger partial charge is 0.460 e. The lowest BCUT2D eigenvalue weighted by Crippen LogP contribution is -2.46. The molecule has 4 atom stereocenters. The maximum absolute atomic E-state index is 13.1. The Kier molecular flexibility index (Phi) is 6.79. The van der Waals surface area contributed by atoms with Gasteiger partial charge in [0.2, 0.25) is 0 Å². The Labute approximate surface area is 176 Å². The maximum atomic E-state index is 13.1. The summed E-state index contributed by atoms with van der Waals surface area (Å²) in [7, 11) is 0. The molecule has 1 fully saturated rings. The van der Waals surface area contributed by atoms with Gasteiger partial charge in [-0.25, -0.2) is 0 Å². The predicted octanol–water partition coefficient (Wildman–Crippen LogP) is 6.01. The number of hydrogen-bond acceptors (Lipinski definition) is 3. The van der Waals surface area contributed by atoms with Gasteiger partial charge in [0, 0.05) is 18.6 Å². The van der Waals surface area contributed by atoms with Crippen LogP contribution in [-0.4, -0.2) is 22.5 Å². The van der Waals surface area contributed by atoms with Crippen LogP contribution in [0, 0.1) is 11.8 Å². The van der Waals surface area contributed by atoms with E-state index in [2.05, 4.69) is 79.4 Å². The Bertz CT molecular complexity index is 781. The molecule has 0 saturated heterocycles. The highest BCUT2D eigenvalue weighted by molar-refractivity contribution is 5.74. The van der Waals surface area contributed by atoms with Crippen LogP contribution in [0.25, 0.3) is 0 Å². The Morgan fingerprint density at radius 1 is 1.03 bits per heavy atom. The van der Waals surface area contributed by atoms with E-state index in [1.807, 2.05) is 20.8 Å². The number of carbonyl (C=O) groups is 1. The second-order valence-corrected chi connectivity index (χ2v) is 9.43. The first-order valence-corrected chi connectivity index (χ1v) is 10.8. The molecule has 1 aliphatic carbocycles. The van der Waals surface area contributed by atoms with Gasteiger partial charge in [-0.3, -0.25) is 9.69 Å². The fourth-order valence-corrected chi connectivity index (χ4v) is 4.59. The number of esters is 1. The van der Waals surface area contributed by atoms with Gasteiger partial charge in [-0.2, -0.15) is 0 Å².